The number of allylic oxidation sites excluding steroid dienone is 2. The van der Waals surface area contributed by atoms with Gasteiger partial charge in [0.05, 0.1) is 11.4 Å². The van der Waals surface area contributed by atoms with Gasteiger partial charge in [0.1, 0.15) is 0 Å². The average molecular weight is 634 g/mol. The average Bonchev–Trinajstić information content (AvgIpc) is 3.18. The van der Waals surface area contributed by atoms with Crippen LogP contribution in [-0.2, 0) is 0 Å². The molecule has 0 aromatic heterocycles. The van der Waals surface area contributed by atoms with E-state index in [1.54, 1.807) is 0 Å². The molecule has 0 saturated heterocycles. The van der Waals surface area contributed by atoms with Gasteiger partial charge in [-0.2, -0.15) is 0 Å². The first-order valence-corrected chi connectivity index (χ1v) is 17.6. The summed E-state index contributed by atoms with van der Waals surface area (Å²) < 4.78 is 0. The van der Waals surface area contributed by atoms with Crippen molar-refractivity contribution in [2.24, 2.45) is 0 Å². The van der Waals surface area contributed by atoms with Crippen LogP contribution in [0.5, 0.6) is 0 Å². The lowest BCUT2D eigenvalue weighted by Gasteiger charge is -2.53. The second-order valence-corrected chi connectivity index (χ2v) is 14.3. The molecule has 0 N–H and O–H groups in total. The summed E-state index contributed by atoms with van der Waals surface area (Å²) in [5, 5.41) is 2.33. The molecule has 3 aliphatic carbocycles. The van der Waals surface area contributed by atoms with Crippen molar-refractivity contribution < 1.29 is 4.79 Å². The van der Waals surface area contributed by atoms with E-state index >= 15 is 4.79 Å². The lowest BCUT2D eigenvalue weighted by molar-refractivity contribution is 0.254. The highest BCUT2D eigenvalue weighted by atomic mass is 16.2. The predicted octanol–water partition coefficient (Wildman–Crippen LogP) is 6.45. The van der Waals surface area contributed by atoms with E-state index < -0.39 is 0 Å². The molecular formula is C45H28B2N2O. The van der Waals surface area contributed by atoms with Crippen LogP contribution in [0.2, 0.25) is 0 Å². The molecule has 5 heteroatoms. The van der Waals surface area contributed by atoms with Gasteiger partial charge in [-0.05, 0) is 50.1 Å². The van der Waals surface area contributed by atoms with Crippen molar-refractivity contribution in [1.29, 1.82) is 0 Å². The Morgan fingerprint density at radius 2 is 0.940 bits per heavy atom. The Morgan fingerprint density at radius 3 is 1.58 bits per heavy atom. The highest BCUT2D eigenvalue weighted by Gasteiger charge is 2.55. The van der Waals surface area contributed by atoms with E-state index in [9.17, 15) is 0 Å². The summed E-state index contributed by atoms with van der Waals surface area (Å²) in [6.07, 6.45) is 0. The van der Waals surface area contributed by atoms with Gasteiger partial charge in [-0.15, -0.1) is 0 Å². The summed E-state index contributed by atoms with van der Waals surface area (Å²) in [5.74, 6) is -0.00381. The maximum Gasteiger partial charge on any atom is 0.337 e. The van der Waals surface area contributed by atoms with Crippen molar-refractivity contribution in [3.05, 3.63) is 191 Å². The van der Waals surface area contributed by atoms with Crippen molar-refractivity contribution >= 4 is 74.6 Å². The summed E-state index contributed by atoms with van der Waals surface area (Å²) in [4.78, 5) is 20.0. The van der Waals surface area contributed by atoms with Crippen molar-refractivity contribution in [2.45, 2.75) is 11.8 Å². The summed E-state index contributed by atoms with van der Waals surface area (Å²) in [6.45, 7) is 0.0260. The van der Waals surface area contributed by atoms with Gasteiger partial charge in [-0.3, -0.25) is 9.80 Å². The molecule has 0 radical (unpaired) electrons. The SMILES string of the molecule is O=C1N2C3=C(B(c4ccccc4)c4ccc5ccc6c(c5c42)N1c1ccccc1B6c1ccccc1)C1c2ccccc2C3c2ccccc21. The van der Waals surface area contributed by atoms with E-state index in [-0.39, 0.29) is 31.3 Å². The van der Waals surface area contributed by atoms with E-state index in [1.807, 2.05) is 0 Å². The molecule has 13 rings (SSSR count). The molecule has 3 heterocycles. The maximum atomic E-state index is 15.8. The van der Waals surface area contributed by atoms with E-state index in [0.717, 1.165) is 33.6 Å². The lowest BCUT2D eigenvalue weighted by Crippen LogP contribution is -2.64. The fourth-order valence-electron chi connectivity index (χ4n) is 10.3. The Labute approximate surface area is 291 Å². The zero-order chi connectivity index (χ0) is 32.7. The molecule has 7 aromatic rings. The molecule has 0 atom stereocenters. The molecule has 3 aliphatic heterocycles. The Hall–Kier alpha value is -6.06. The largest absolute Gasteiger partial charge is 0.337 e. The molecule has 0 spiro atoms. The fourth-order valence-corrected chi connectivity index (χ4v) is 10.3. The number of rotatable bonds is 2. The van der Waals surface area contributed by atoms with E-state index in [1.165, 1.54) is 55.0 Å². The van der Waals surface area contributed by atoms with Crippen LogP contribution in [0.4, 0.5) is 21.9 Å². The number of amides is 2. The Morgan fingerprint density at radius 1 is 0.440 bits per heavy atom. The van der Waals surface area contributed by atoms with E-state index in [4.69, 9.17) is 0 Å². The third-order valence-corrected chi connectivity index (χ3v) is 12.1. The number of hydrogen-bond acceptors (Lipinski definition) is 1. The summed E-state index contributed by atoms with van der Waals surface area (Å²) in [6, 6.07) is 57.4. The summed E-state index contributed by atoms with van der Waals surface area (Å²) in [5.41, 5.74) is 16.9. The van der Waals surface area contributed by atoms with Gasteiger partial charge < -0.3 is 0 Å². The molecular weight excluding hydrogens is 606 g/mol. The van der Waals surface area contributed by atoms with Gasteiger partial charge in [-0.25, -0.2) is 4.79 Å². The van der Waals surface area contributed by atoms with Gasteiger partial charge in [0.15, 0.2) is 0 Å². The predicted molar refractivity (Wildman–Crippen MR) is 207 cm³/mol. The number of para-hydroxylation sites is 1. The maximum absolute atomic E-state index is 15.8. The topological polar surface area (TPSA) is 23.6 Å². The van der Waals surface area contributed by atoms with Crippen LogP contribution < -0.4 is 37.1 Å². The number of anilines is 3. The molecule has 3 nitrogen and oxygen atoms in total. The summed E-state index contributed by atoms with van der Waals surface area (Å²) >= 11 is 0. The van der Waals surface area contributed by atoms with Gasteiger partial charge in [-0.1, -0.05) is 168 Å². The number of hydrogen-bond donors (Lipinski definition) is 0. The number of benzene rings is 7. The van der Waals surface area contributed by atoms with Crippen LogP contribution in [0.25, 0.3) is 10.8 Å². The smallest absolute Gasteiger partial charge is 0.266 e. The third-order valence-electron chi connectivity index (χ3n) is 12.1. The number of carbonyl (C=O) groups excluding carboxylic acids is 1. The number of nitrogens with zero attached hydrogens (tertiary/aromatic N) is 2. The van der Waals surface area contributed by atoms with Crippen molar-refractivity contribution in [3.8, 4) is 0 Å². The van der Waals surface area contributed by atoms with Crippen LogP contribution in [0.3, 0.4) is 0 Å². The Bertz CT molecular complexity index is 2620. The minimum absolute atomic E-state index is 0.00654. The minimum atomic E-state index is -0.0530. The molecule has 0 saturated carbocycles. The second-order valence-electron chi connectivity index (χ2n) is 14.3. The number of fused-ring (bicyclic) bond motifs is 2. The van der Waals surface area contributed by atoms with Crippen LogP contribution in [0, 0.1) is 0 Å². The third kappa shape index (κ3) is 3.17. The Kier molecular flexibility index (Phi) is 5.13. The van der Waals surface area contributed by atoms with Crippen molar-refractivity contribution in [1.82, 2.24) is 0 Å². The first kappa shape index (κ1) is 26.8. The first-order chi connectivity index (χ1) is 24.8. The molecule has 2 bridgehead atoms. The van der Waals surface area contributed by atoms with Crippen LogP contribution >= 0.6 is 0 Å². The minimum Gasteiger partial charge on any atom is -0.266 e. The highest BCUT2D eigenvalue weighted by Crippen LogP contribution is 2.60. The molecule has 50 heavy (non-hydrogen) atoms. The van der Waals surface area contributed by atoms with Gasteiger partial charge in [0.25, 0.3) is 0 Å². The fraction of sp³-hybridized carbons (Fsp3) is 0.0444. The molecule has 2 amide bonds. The quantitative estimate of drug-likeness (QED) is 0.201. The van der Waals surface area contributed by atoms with E-state index in [0.29, 0.717) is 0 Å². The Balaban J connectivity index is 1.24. The van der Waals surface area contributed by atoms with Crippen LogP contribution in [-0.4, -0.2) is 19.5 Å². The van der Waals surface area contributed by atoms with Gasteiger partial charge in [0.2, 0.25) is 13.4 Å². The van der Waals surface area contributed by atoms with Crippen LogP contribution in [0.1, 0.15) is 34.1 Å². The lowest BCUT2D eigenvalue weighted by atomic mass is 9.30. The molecule has 0 fully saturated rings. The zero-order valence-corrected chi connectivity index (χ0v) is 27.1. The monoisotopic (exact) mass is 634 g/mol. The van der Waals surface area contributed by atoms with Gasteiger partial charge >= 0.3 is 6.03 Å². The second kappa shape index (κ2) is 9.55. The molecule has 7 aromatic carbocycles. The molecule has 6 aliphatic rings. The summed E-state index contributed by atoms with van der Waals surface area (Å²) in [7, 11) is 0. The number of carbonyl (C=O) groups is 1. The molecule has 0 unspecified atom stereocenters. The van der Waals surface area contributed by atoms with Crippen LogP contribution in [0.15, 0.2) is 169 Å². The zero-order valence-electron chi connectivity index (χ0n) is 27.1. The highest BCUT2D eigenvalue weighted by molar-refractivity contribution is 6.98. The van der Waals surface area contributed by atoms with Crippen molar-refractivity contribution in [2.75, 3.05) is 9.80 Å². The number of urea groups is 1. The van der Waals surface area contributed by atoms with E-state index in [2.05, 4.69) is 168 Å². The van der Waals surface area contributed by atoms with Crippen molar-refractivity contribution in [3.63, 3.8) is 0 Å². The first-order valence-electron chi connectivity index (χ1n) is 17.6. The van der Waals surface area contributed by atoms with Gasteiger partial charge in [0, 0.05) is 28.6 Å². The standard InChI is InChI=1S/C45H28B2N2O/c50-45-48-37-22-12-11-21-34(37)46(28-13-3-1-4-14-28)35-25-23-27-24-26-36-43(38(27)42(35)48)49(45)44-40-32-19-9-7-17-30(32)39(31-18-8-10-20-33(31)40)41(44)47(36)29-15-5-2-6-16-29/h1-26,39-40H. The molecule has 230 valence electrons. The normalized spacial score (nSPS) is 18.6.